The summed E-state index contributed by atoms with van der Waals surface area (Å²) in [7, 11) is 0. The molecule has 0 radical (unpaired) electrons. The van der Waals surface area contributed by atoms with Crippen LogP contribution in [0.25, 0.3) is 0 Å². The summed E-state index contributed by atoms with van der Waals surface area (Å²) < 4.78 is 11.2. The van der Waals surface area contributed by atoms with Crippen molar-refractivity contribution in [1.82, 2.24) is 20.9 Å². The Hall–Kier alpha value is -2.32. The van der Waals surface area contributed by atoms with Gasteiger partial charge < -0.3 is 25.4 Å². The fourth-order valence-corrected chi connectivity index (χ4v) is 3.80. The Morgan fingerprint density at radius 1 is 1.10 bits per heavy atom. The zero-order chi connectivity index (χ0) is 21.0. The lowest BCUT2D eigenvalue weighted by molar-refractivity contribution is -0.120. The molecular formula is C22H34N4O4. The molecule has 3 amide bonds. The highest BCUT2D eigenvalue weighted by Gasteiger charge is 2.15. The topological polar surface area (TPSA) is 91.9 Å². The minimum absolute atomic E-state index is 0.0355. The molecule has 8 heteroatoms. The molecule has 1 saturated heterocycles. The zero-order valence-electron chi connectivity index (χ0n) is 17.7. The van der Waals surface area contributed by atoms with Crippen molar-refractivity contribution >= 4 is 11.9 Å². The first-order valence-electron chi connectivity index (χ1n) is 11.0. The van der Waals surface area contributed by atoms with Crippen LogP contribution >= 0.6 is 0 Å². The second-order valence-corrected chi connectivity index (χ2v) is 7.94. The molecule has 30 heavy (non-hydrogen) atoms. The number of rotatable bonds is 10. The van der Waals surface area contributed by atoms with Gasteiger partial charge in [0.25, 0.3) is 0 Å². The summed E-state index contributed by atoms with van der Waals surface area (Å²) in [6.45, 7) is 6.00. The molecule has 1 aromatic rings. The minimum Gasteiger partial charge on any atom is -0.492 e. The first kappa shape index (κ1) is 22.4. The largest absolute Gasteiger partial charge is 0.492 e. The third kappa shape index (κ3) is 8.20. The number of benzene rings is 1. The number of ether oxygens (including phenoxy) is 2. The monoisotopic (exact) mass is 418 g/mol. The predicted octanol–water partition coefficient (Wildman–Crippen LogP) is 1.50. The number of carbonyl (C=O) groups excluding carboxylic acids is 2. The van der Waals surface area contributed by atoms with E-state index in [4.69, 9.17) is 9.47 Å². The smallest absolute Gasteiger partial charge is 0.315 e. The molecule has 0 bridgehead atoms. The zero-order valence-corrected chi connectivity index (χ0v) is 17.7. The third-order valence-corrected chi connectivity index (χ3v) is 5.60. The van der Waals surface area contributed by atoms with Crippen molar-refractivity contribution in [2.24, 2.45) is 5.92 Å². The van der Waals surface area contributed by atoms with Crippen LogP contribution in [0.2, 0.25) is 0 Å². The van der Waals surface area contributed by atoms with Gasteiger partial charge in [-0.1, -0.05) is 25.0 Å². The van der Waals surface area contributed by atoms with Crippen LogP contribution in [0.3, 0.4) is 0 Å². The van der Waals surface area contributed by atoms with E-state index in [1.165, 1.54) is 25.7 Å². The van der Waals surface area contributed by atoms with E-state index < -0.39 is 0 Å². The standard InChI is InChI=1S/C22H34N4O4/c27-21(17-25-22(28)24-15-18-4-1-2-5-18)23-16-19-6-3-7-20(14-19)30-13-10-26-8-11-29-12-9-26/h3,6-7,14,18H,1-2,4-5,8-13,15-17H2,(H,23,27)(H2,24,25,28). The molecule has 2 aliphatic rings. The van der Waals surface area contributed by atoms with Crippen molar-refractivity contribution in [3.63, 3.8) is 0 Å². The summed E-state index contributed by atoms with van der Waals surface area (Å²) >= 11 is 0. The minimum atomic E-state index is -0.285. The van der Waals surface area contributed by atoms with Crippen molar-refractivity contribution in [3.8, 4) is 5.75 Å². The maximum atomic E-state index is 12.0. The number of carbonyl (C=O) groups is 2. The van der Waals surface area contributed by atoms with Crippen LogP contribution in [-0.2, 0) is 16.1 Å². The van der Waals surface area contributed by atoms with Crippen LogP contribution in [0.5, 0.6) is 5.75 Å². The highest BCUT2D eigenvalue weighted by Crippen LogP contribution is 2.23. The Bertz CT molecular complexity index is 673. The average molecular weight is 419 g/mol. The SMILES string of the molecule is O=C(CNC(=O)NCC1CCCC1)NCc1cccc(OCCN2CCOCC2)c1. The van der Waals surface area contributed by atoms with Gasteiger partial charge in [0, 0.05) is 32.7 Å². The normalized spacial score (nSPS) is 17.5. The van der Waals surface area contributed by atoms with E-state index in [1.54, 1.807) is 0 Å². The Labute approximate surface area is 178 Å². The maximum absolute atomic E-state index is 12.0. The van der Waals surface area contributed by atoms with E-state index in [1.807, 2.05) is 24.3 Å². The maximum Gasteiger partial charge on any atom is 0.315 e. The quantitative estimate of drug-likeness (QED) is 0.536. The number of urea groups is 1. The molecule has 1 saturated carbocycles. The summed E-state index contributed by atoms with van der Waals surface area (Å²) in [6.07, 6.45) is 4.85. The molecule has 0 aromatic heterocycles. The fraction of sp³-hybridized carbons (Fsp3) is 0.636. The number of nitrogens with one attached hydrogen (secondary N) is 3. The van der Waals surface area contributed by atoms with Crippen LogP contribution in [0, 0.1) is 5.92 Å². The molecule has 0 atom stereocenters. The van der Waals surface area contributed by atoms with Crippen LogP contribution in [0.4, 0.5) is 4.79 Å². The molecule has 0 unspecified atom stereocenters. The van der Waals surface area contributed by atoms with E-state index in [2.05, 4.69) is 20.9 Å². The summed E-state index contributed by atoms with van der Waals surface area (Å²) in [5, 5.41) is 8.29. The highest BCUT2D eigenvalue weighted by atomic mass is 16.5. The number of amides is 3. The van der Waals surface area contributed by atoms with Gasteiger partial charge in [0.15, 0.2) is 0 Å². The predicted molar refractivity (Wildman–Crippen MR) is 114 cm³/mol. The van der Waals surface area contributed by atoms with E-state index in [-0.39, 0.29) is 18.5 Å². The van der Waals surface area contributed by atoms with Gasteiger partial charge in [-0.2, -0.15) is 0 Å². The van der Waals surface area contributed by atoms with Gasteiger partial charge in [0.2, 0.25) is 5.91 Å². The van der Waals surface area contributed by atoms with E-state index in [9.17, 15) is 9.59 Å². The summed E-state index contributed by atoms with van der Waals surface area (Å²) in [5.74, 6) is 1.15. The number of hydrogen-bond acceptors (Lipinski definition) is 5. The Morgan fingerprint density at radius 3 is 2.70 bits per heavy atom. The van der Waals surface area contributed by atoms with Crippen LogP contribution in [0.1, 0.15) is 31.2 Å². The number of nitrogens with zero attached hydrogens (tertiary/aromatic N) is 1. The Morgan fingerprint density at radius 2 is 1.90 bits per heavy atom. The highest BCUT2D eigenvalue weighted by molar-refractivity contribution is 5.83. The van der Waals surface area contributed by atoms with Gasteiger partial charge in [0.05, 0.1) is 19.8 Å². The summed E-state index contributed by atoms with van der Waals surface area (Å²) in [4.78, 5) is 26.1. The van der Waals surface area contributed by atoms with E-state index >= 15 is 0 Å². The molecule has 3 N–H and O–H groups in total. The van der Waals surface area contributed by atoms with Crippen molar-refractivity contribution < 1.29 is 19.1 Å². The van der Waals surface area contributed by atoms with E-state index in [0.29, 0.717) is 25.6 Å². The lowest BCUT2D eigenvalue weighted by Gasteiger charge is -2.26. The van der Waals surface area contributed by atoms with Crippen LogP contribution in [-0.4, -0.2) is 69.4 Å². The molecule has 1 aliphatic heterocycles. The molecule has 2 fully saturated rings. The lowest BCUT2D eigenvalue weighted by Crippen LogP contribution is -2.43. The molecule has 0 spiro atoms. The number of morpholine rings is 1. The summed E-state index contributed by atoms with van der Waals surface area (Å²) in [6, 6.07) is 7.42. The first-order valence-corrected chi connectivity index (χ1v) is 11.0. The fourth-order valence-electron chi connectivity index (χ4n) is 3.80. The third-order valence-electron chi connectivity index (χ3n) is 5.60. The molecule has 1 aliphatic carbocycles. The Balaban J connectivity index is 1.29. The van der Waals surface area contributed by atoms with Crippen molar-refractivity contribution in [1.29, 1.82) is 0 Å². The van der Waals surface area contributed by atoms with Gasteiger partial charge in [-0.15, -0.1) is 0 Å². The van der Waals surface area contributed by atoms with Gasteiger partial charge in [-0.25, -0.2) is 4.79 Å². The molecule has 1 heterocycles. The van der Waals surface area contributed by atoms with E-state index in [0.717, 1.165) is 44.2 Å². The second kappa shape index (κ2) is 12.4. The van der Waals surface area contributed by atoms with Crippen molar-refractivity contribution in [2.45, 2.75) is 32.2 Å². The van der Waals surface area contributed by atoms with Gasteiger partial charge in [0.1, 0.15) is 12.4 Å². The molecule has 166 valence electrons. The first-order chi connectivity index (χ1) is 14.7. The number of hydrogen-bond donors (Lipinski definition) is 3. The van der Waals surface area contributed by atoms with Gasteiger partial charge in [-0.3, -0.25) is 9.69 Å². The van der Waals surface area contributed by atoms with Crippen molar-refractivity contribution in [2.75, 3.05) is 52.5 Å². The second-order valence-electron chi connectivity index (χ2n) is 7.94. The molecular weight excluding hydrogens is 384 g/mol. The van der Waals surface area contributed by atoms with Gasteiger partial charge >= 0.3 is 6.03 Å². The molecule has 3 rings (SSSR count). The summed E-state index contributed by atoms with van der Waals surface area (Å²) in [5.41, 5.74) is 0.956. The lowest BCUT2D eigenvalue weighted by atomic mass is 10.1. The molecule has 8 nitrogen and oxygen atoms in total. The van der Waals surface area contributed by atoms with Crippen LogP contribution in [0.15, 0.2) is 24.3 Å². The van der Waals surface area contributed by atoms with Gasteiger partial charge in [-0.05, 0) is 36.5 Å². The van der Waals surface area contributed by atoms with Crippen molar-refractivity contribution in [3.05, 3.63) is 29.8 Å². The molecule has 1 aromatic carbocycles. The Kier molecular flexibility index (Phi) is 9.24. The van der Waals surface area contributed by atoms with Crippen LogP contribution < -0.4 is 20.7 Å². The average Bonchev–Trinajstić information content (AvgIpc) is 3.30.